The van der Waals surface area contributed by atoms with Gasteiger partial charge in [0.2, 0.25) is 0 Å². The molecule has 0 aliphatic rings. The molecular formula is C20H12N4O6. The van der Waals surface area contributed by atoms with Gasteiger partial charge in [0.15, 0.2) is 11.5 Å². The fourth-order valence-corrected chi connectivity index (χ4v) is 3.04. The lowest BCUT2D eigenvalue weighted by atomic mass is 10.0. The Kier molecular flexibility index (Phi) is 4.43. The van der Waals surface area contributed by atoms with Crippen molar-refractivity contribution in [3.63, 3.8) is 0 Å². The van der Waals surface area contributed by atoms with Gasteiger partial charge in [-0.15, -0.1) is 0 Å². The van der Waals surface area contributed by atoms with Crippen molar-refractivity contribution in [2.45, 2.75) is 0 Å². The Hall–Kier alpha value is -4.60. The van der Waals surface area contributed by atoms with Gasteiger partial charge in [-0.1, -0.05) is 12.1 Å². The Morgan fingerprint density at radius 1 is 0.667 bits per heavy atom. The predicted octanol–water partition coefficient (Wildman–Crippen LogP) is 4.19. The summed E-state index contributed by atoms with van der Waals surface area (Å²) in [4.78, 5) is 30.1. The van der Waals surface area contributed by atoms with Crippen molar-refractivity contribution in [1.29, 1.82) is 0 Å². The minimum absolute atomic E-state index is 0.233. The van der Waals surface area contributed by atoms with Crippen LogP contribution < -0.4 is 0 Å². The van der Waals surface area contributed by atoms with E-state index in [0.717, 1.165) is 12.1 Å². The minimum Gasteiger partial charge on any atom is -0.502 e. The number of para-hydroxylation sites is 2. The van der Waals surface area contributed by atoms with Gasteiger partial charge >= 0.3 is 11.4 Å². The van der Waals surface area contributed by atoms with Crippen LogP contribution in [0.15, 0.2) is 60.7 Å². The summed E-state index contributed by atoms with van der Waals surface area (Å²) in [6, 6.07) is 14.5. The summed E-state index contributed by atoms with van der Waals surface area (Å²) in [5.74, 6) is -1.00. The fourth-order valence-electron chi connectivity index (χ4n) is 3.04. The van der Waals surface area contributed by atoms with E-state index >= 15 is 0 Å². The van der Waals surface area contributed by atoms with Gasteiger partial charge in [0.05, 0.1) is 32.3 Å². The number of benzene rings is 3. The summed E-state index contributed by atoms with van der Waals surface area (Å²) >= 11 is 0. The molecule has 0 saturated heterocycles. The molecule has 0 aliphatic carbocycles. The van der Waals surface area contributed by atoms with E-state index in [9.17, 15) is 30.4 Å². The number of phenolic OH excluding ortho intramolecular Hbond substituents is 2. The van der Waals surface area contributed by atoms with Crippen LogP contribution in [0.2, 0.25) is 0 Å². The summed E-state index contributed by atoms with van der Waals surface area (Å²) in [6.07, 6.45) is 0. The van der Waals surface area contributed by atoms with Crippen molar-refractivity contribution in [1.82, 2.24) is 9.97 Å². The molecule has 1 heterocycles. The van der Waals surface area contributed by atoms with Crippen LogP contribution in [0, 0.1) is 20.2 Å². The van der Waals surface area contributed by atoms with Gasteiger partial charge < -0.3 is 10.2 Å². The Bertz CT molecular complexity index is 1240. The summed E-state index contributed by atoms with van der Waals surface area (Å²) in [5, 5.41) is 42.0. The summed E-state index contributed by atoms with van der Waals surface area (Å²) in [5.41, 5.74) is 1.07. The molecular weight excluding hydrogens is 392 g/mol. The number of phenols is 2. The Balaban J connectivity index is 2.03. The first kappa shape index (κ1) is 18.7. The molecule has 10 heteroatoms. The highest BCUT2D eigenvalue weighted by Gasteiger charge is 2.21. The number of hydrogen-bond acceptors (Lipinski definition) is 8. The van der Waals surface area contributed by atoms with E-state index in [1.54, 1.807) is 24.3 Å². The maximum atomic E-state index is 11.2. The van der Waals surface area contributed by atoms with Gasteiger partial charge in [-0.3, -0.25) is 20.2 Å². The molecule has 30 heavy (non-hydrogen) atoms. The van der Waals surface area contributed by atoms with Crippen LogP contribution in [0.1, 0.15) is 0 Å². The summed E-state index contributed by atoms with van der Waals surface area (Å²) in [6.45, 7) is 0. The normalized spacial score (nSPS) is 10.8. The predicted molar refractivity (Wildman–Crippen MR) is 107 cm³/mol. The second-order valence-corrected chi connectivity index (χ2v) is 6.33. The molecule has 2 N–H and O–H groups in total. The quantitative estimate of drug-likeness (QED) is 0.379. The van der Waals surface area contributed by atoms with Crippen LogP contribution in [0.4, 0.5) is 11.4 Å². The Morgan fingerprint density at radius 2 is 1.07 bits per heavy atom. The highest BCUT2D eigenvalue weighted by Crippen LogP contribution is 2.38. The van der Waals surface area contributed by atoms with Crippen molar-refractivity contribution in [2.75, 3.05) is 0 Å². The first-order valence-corrected chi connectivity index (χ1v) is 8.57. The van der Waals surface area contributed by atoms with Crippen LogP contribution in [-0.4, -0.2) is 30.0 Å². The van der Waals surface area contributed by atoms with Crippen molar-refractivity contribution in [3.8, 4) is 34.0 Å². The number of nitro benzene ring substituents is 2. The molecule has 1 aromatic heterocycles. The topological polar surface area (TPSA) is 153 Å². The lowest BCUT2D eigenvalue weighted by molar-refractivity contribution is -0.386. The van der Waals surface area contributed by atoms with E-state index in [4.69, 9.17) is 0 Å². The van der Waals surface area contributed by atoms with Crippen molar-refractivity contribution in [2.24, 2.45) is 0 Å². The van der Waals surface area contributed by atoms with Crippen LogP contribution >= 0.6 is 0 Å². The molecule has 148 valence electrons. The number of hydrogen-bond donors (Lipinski definition) is 2. The number of aromatic hydroxyl groups is 2. The molecule has 4 rings (SSSR count). The lowest BCUT2D eigenvalue weighted by Gasteiger charge is -2.11. The average Bonchev–Trinajstić information content (AvgIpc) is 2.73. The largest absolute Gasteiger partial charge is 0.502 e. The van der Waals surface area contributed by atoms with Gasteiger partial charge in [-0.25, -0.2) is 9.97 Å². The molecule has 0 atom stereocenters. The first-order chi connectivity index (χ1) is 14.3. The van der Waals surface area contributed by atoms with E-state index in [2.05, 4.69) is 9.97 Å². The summed E-state index contributed by atoms with van der Waals surface area (Å²) in [7, 11) is 0. The van der Waals surface area contributed by atoms with E-state index in [-0.39, 0.29) is 11.4 Å². The second-order valence-electron chi connectivity index (χ2n) is 6.33. The molecule has 10 nitrogen and oxygen atoms in total. The Morgan fingerprint density at radius 3 is 1.43 bits per heavy atom. The third-order valence-corrected chi connectivity index (χ3v) is 4.46. The summed E-state index contributed by atoms with van der Waals surface area (Å²) < 4.78 is 0. The molecule has 0 amide bonds. The third-order valence-electron chi connectivity index (χ3n) is 4.46. The molecule has 0 bridgehead atoms. The number of fused-ring (bicyclic) bond motifs is 1. The molecule has 0 unspecified atom stereocenters. The van der Waals surface area contributed by atoms with E-state index in [1.165, 1.54) is 24.3 Å². The fraction of sp³-hybridized carbons (Fsp3) is 0. The van der Waals surface area contributed by atoms with E-state index in [1.807, 2.05) is 0 Å². The average molecular weight is 404 g/mol. The molecule has 4 aromatic rings. The van der Waals surface area contributed by atoms with E-state index in [0.29, 0.717) is 22.2 Å². The second kappa shape index (κ2) is 7.09. The number of nitro groups is 2. The van der Waals surface area contributed by atoms with Gasteiger partial charge in [0.1, 0.15) is 0 Å². The van der Waals surface area contributed by atoms with Crippen LogP contribution in [0.25, 0.3) is 33.5 Å². The highest BCUT2D eigenvalue weighted by molar-refractivity contribution is 5.87. The van der Waals surface area contributed by atoms with Gasteiger partial charge in [-0.05, 0) is 36.4 Å². The number of aromatic nitrogens is 2. The minimum atomic E-state index is -0.724. The molecule has 0 spiro atoms. The van der Waals surface area contributed by atoms with Crippen LogP contribution in [-0.2, 0) is 0 Å². The number of nitrogens with zero attached hydrogens (tertiary/aromatic N) is 4. The van der Waals surface area contributed by atoms with Gasteiger partial charge in [0, 0.05) is 23.3 Å². The van der Waals surface area contributed by atoms with Gasteiger partial charge in [-0.2, -0.15) is 0 Å². The standard InChI is InChI=1S/C20H12N4O6/c25-17-7-5-11(9-15(17)23(27)28)19-20(22-14-4-2-1-3-13(14)21-19)12-6-8-18(26)16(10-12)24(29)30/h1-10,25-26H. The third kappa shape index (κ3) is 3.22. The highest BCUT2D eigenvalue weighted by atomic mass is 16.6. The lowest BCUT2D eigenvalue weighted by Crippen LogP contribution is -1.97. The zero-order chi connectivity index (χ0) is 21.4. The number of rotatable bonds is 4. The van der Waals surface area contributed by atoms with Gasteiger partial charge in [0.25, 0.3) is 0 Å². The first-order valence-electron chi connectivity index (χ1n) is 8.57. The molecule has 3 aromatic carbocycles. The zero-order valence-electron chi connectivity index (χ0n) is 15.1. The van der Waals surface area contributed by atoms with Crippen molar-refractivity contribution < 1.29 is 20.1 Å². The smallest absolute Gasteiger partial charge is 0.311 e. The van der Waals surface area contributed by atoms with Crippen LogP contribution in [0.5, 0.6) is 11.5 Å². The molecule has 0 radical (unpaired) electrons. The molecule has 0 aliphatic heterocycles. The molecule has 0 saturated carbocycles. The zero-order valence-corrected chi connectivity index (χ0v) is 15.1. The van der Waals surface area contributed by atoms with Crippen molar-refractivity contribution >= 4 is 22.4 Å². The SMILES string of the molecule is O=[N+]([O-])c1cc(-c2nc3ccccc3nc2-c2ccc(O)c([N+](=O)[O-])c2)ccc1O. The Labute approximate surface area is 168 Å². The maximum absolute atomic E-state index is 11.2. The van der Waals surface area contributed by atoms with Crippen LogP contribution in [0.3, 0.4) is 0 Å². The maximum Gasteiger partial charge on any atom is 0.311 e. The monoisotopic (exact) mass is 404 g/mol. The van der Waals surface area contributed by atoms with E-state index < -0.39 is 32.7 Å². The van der Waals surface area contributed by atoms with Crippen molar-refractivity contribution in [3.05, 3.63) is 80.9 Å². The molecule has 0 fully saturated rings.